The van der Waals surface area contributed by atoms with E-state index in [9.17, 15) is 4.79 Å². The Hall–Kier alpha value is -1.63. The van der Waals surface area contributed by atoms with Crippen molar-refractivity contribution in [1.82, 2.24) is 15.0 Å². The van der Waals surface area contributed by atoms with E-state index in [1.807, 2.05) is 4.90 Å². The summed E-state index contributed by atoms with van der Waals surface area (Å²) in [6, 6.07) is 0. The Labute approximate surface area is 122 Å². The molecule has 3 N–H and O–H groups in total. The van der Waals surface area contributed by atoms with Gasteiger partial charge in [-0.25, -0.2) is 0 Å². The summed E-state index contributed by atoms with van der Waals surface area (Å²) in [7, 11) is 0. The number of halogens is 1. The Morgan fingerprint density at radius 2 is 2.10 bits per heavy atom. The fraction of sp³-hybridized carbons (Fsp3) is 0.667. The number of aromatic nitrogens is 3. The molecule has 1 aliphatic rings. The van der Waals surface area contributed by atoms with Crippen LogP contribution in [0.2, 0.25) is 5.28 Å². The Morgan fingerprint density at radius 3 is 2.70 bits per heavy atom. The van der Waals surface area contributed by atoms with Crippen LogP contribution in [-0.2, 0) is 4.79 Å². The number of carbonyl (C=O) groups excluding carboxylic acids is 1. The Balaban J connectivity index is 2.05. The smallest absolute Gasteiger partial charge is 0.231 e. The normalized spacial score (nSPS) is 16.2. The lowest BCUT2D eigenvalue weighted by Crippen LogP contribution is -2.39. The van der Waals surface area contributed by atoms with Crippen molar-refractivity contribution < 1.29 is 4.79 Å². The largest absolute Gasteiger partial charge is 0.369 e. The number of piperidine rings is 1. The second kappa shape index (κ2) is 6.69. The quantitative estimate of drug-likeness (QED) is 0.843. The summed E-state index contributed by atoms with van der Waals surface area (Å²) in [4.78, 5) is 25.7. The van der Waals surface area contributed by atoms with Crippen LogP contribution in [0.1, 0.15) is 26.2 Å². The van der Waals surface area contributed by atoms with Crippen LogP contribution < -0.4 is 16.0 Å². The topological polar surface area (TPSA) is 97.0 Å². The number of anilines is 2. The third kappa shape index (κ3) is 3.69. The zero-order chi connectivity index (χ0) is 14.5. The molecular formula is C12H19ClN6O. The van der Waals surface area contributed by atoms with Crippen LogP contribution in [0.15, 0.2) is 0 Å². The lowest BCUT2D eigenvalue weighted by molar-refractivity contribution is -0.122. The highest BCUT2D eigenvalue weighted by Crippen LogP contribution is 2.21. The molecule has 1 aromatic heterocycles. The number of rotatable bonds is 5. The van der Waals surface area contributed by atoms with Gasteiger partial charge in [0, 0.05) is 25.6 Å². The molecule has 0 unspecified atom stereocenters. The molecule has 1 amide bonds. The first-order valence-electron chi connectivity index (χ1n) is 6.80. The van der Waals surface area contributed by atoms with Crippen LogP contribution in [0.4, 0.5) is 11.9 Å². The second-order valence-corrected chi connectivity index (χ2v) is 5.16. The van der Waals surface area contributed by atoms with Gasteiger partial charge in [0.25, 0.3) is 0 Å². The summed E-state index contributed by atoms with van der Waals surface area (Å²) in [5.41, 5.74) is 5.32. The Bertz CT molecular complexity index is 475. The first-order valence-corrected chi connectivity index (χ1v) is 7.17. The number of amides is 1. The molecule has 20 heavy (non-hydrogen) atoms. The standard InChI is InChI=1S/C12H19ClN6O/c1-2-5-15-11-16-10(13)17-12(18-11)19-6-3-8(4-7-19)9(14)20/h8H,2-7H2,1H3,(H2,14,20)(H,15,16,17,18). The highest BCUT2D eigenvalue weighted by atomic mass is 35.5. The van der Waals surface area contributed by atoms with E-state index in [1.54, 1.807) is 0 Å². The molecule has 2 rings (SSSR count). The van der Waals surface area contributed by atoms with E-state index >= 15 is 0 Å². The lowest BCUT2D eigenvalue weighted by Gasteiger charge is -2.30. The number of hydrogen-bond donors (Lipinski definition) is 2. The van der Waals surface area contributed by atoms with Gasteiger partial charge in [-0.3, -0.25) is 4.79 Å². The van der Waals surface area contributed by atoms with E-state index in [0.29, 0.717) is 25.0 Å². The molecule has 0 bridgehead atoms. The first-order chi connectivity index (χ1) is 9.60. The van der Waals surface area contributed by atoms with Crippen molar-refractivity contribution in [2.24, 2.45) is 11.7 Å². The molecule has 110 valence electrons. The molecule has 1 aromatic rings. The molecule has 0 radical (unpaired) electrons. The highest BCUT2D eigenvalue weighted by Gasteiger charge is 2.25. The fourth-order valence-corrected chi connectivity index (χ4v) is 2.32. The van der Waals surface area contributed by atoms with Crippen LogP contribution in [0, 0.1) is 5.92 Å². The summed E-state index contributed by atoms with van der Waals surface area (Å²) in [6.07, 6.45) is 2.41. The van der Waals surface area contributed by atoms with Crippen LogP contribution in [0.5, 0.6) is 0 Å². The van der Waals surface area contributed by atoms with Gasteiger partial charge in [0.1, 0.15) is 0 Å². The number of carbonyl (C=O) groups is 1. The van der Waals surface area contributed by atoms with Crippen molar-refractivity contribution >= 4 is 29.4 Å². The minimum Gasteiger partial charge on any atom is -0.369 e. The zero-order valence-electron chi connectivity index (χ0n) is 11.5. The summed E-state index contributed by atoms with van der Waals surface area (Å²) >= 11 is 5.92. The van der Waals surface area contributed by atoms with Crippen molar-refractivity contribution in [3.63, 3.8) is 0 Å². The molecule has 0 spiro atoms. The predicted molar refractivity (Wildman–Crippen MR) is 77.7 cm³/mol. The average molecular weight is 299 g/mol. The van der Waals surface area contributed by atoms with Gasteiger partial charge in [-0.1, -0.05) is 6.92 Å². The van der Waals surface area contributed by atoms with Gasteiger partial charge >= 0.3 is 0 Å². The maximum atomic E-state index is 11.2. The minimum atomic E-state index is -0.233. The van der Waals surface area contributed by atoms with Gasteiger partial charge in [-0.15, -0.1) is 0 Å². The second-order valence-electron chi connectivity index (χ2n) is 4.82. The first kappa shape index (κ1) is 14.8. The van der Waals surface area contributed by atoms with Gasteiger partial charge in [-0.05, 0) is 30.9 Å². The van der Waals surface area contributed by atoms with E-state index in [4.69, 9.17) is 17.3 Å². The number of nitrogens with two attached hydrogens (primary N) is 1. The van der Waals surface area contributed by atoms with Crippen molar-refractivity contribution in [3.05, 3.63) is 5.28 Å². The SMILES string of the molecule is CCCNc1nc(Cl)nc(N2CCC(C(N)=O)CC2)n1. The Morgan fingerprint density at radius 1 is 1.40 bits per heavy atom. The zero-order valence-corrected chi connectivity index (χ0v) is 12.2. The highest BCUT2D eigenvalue weighted by molar-refractivity contribution is 6.28. The molecule has 2 heterocycles. The van der Waals surface area contributed by atoms with Gasteiger partial charge in [0.05, 0.1) is 0 Å². The summed E-state index contributed by atoms with van der Waals surface area (Å²) in [5, 5.41) is 3.27. The summed E-state index contributed by atoms with van der Waals surface area (Å²) < 4.78 is 0. The minimum absolute atomic E-state index is 0.0544. The van der Waals surface area contributed by atoms with E-state index < -0.39 is 0 Å². The van der Waals surface area contributed by atoms with Crippen molar-refractivity contribution in [2.75, 3.05) is 29.9 Å². The van der Waals surface area contributed by atoms with Crippen molar-refractivity contribution in [2.45, 2.75) is 26.2 Å². The van der Waals surface area contributed by atoms with Crippen molar-refractivity contribution in [1.29, 1.82) is 0 Å². The third-order valence-electron chi connectivity index (χ3n) is 3.31. The average Bonchev–Trinajstić information content (AvgIpc) is 2.44. The van der Waals surface area contributed by atoms with Crippen LogP contribution in [-0.4, -0.2) is 40.5 Å². The van der Waals surface area contributed by atoms with Crippen LogP contribution in [0.3, 0.4) is 0 Å². The van der Waals surface area contributed by atoms with E-state index in [2.05, 4.69) is 27.2 Å². The lowest BCUT2D eigenvalue weighted by atomic mass is 9.96. The number of hydrogen-bond acceptors (Lipinski definition) is 6. The molecule has 0 aromatic carbocycles. The molecule has 1 saturated heterocycles. The Kier molecular flexibility index (Phi) is 4.94. The van der Waals surface area contributed by atoms with Crippen molar-refractivity contribution in [3.8, 4) is 0 Å². The molecule has 0 saturated carbocycles. The van der Waals surface area contributed by atoms with Gasteiger partial charge in [-0.2, -0.15) is 15.0 Å². The molecule has 8 heteroatoms. The molecule has 1 aliphatic heterocycles. The maximum Gasteiger partial charge on any atom is 0.231 e. The maximum absolute atomic E-state index is 11.2. The molecule has 0 aliphatic carbocycles. The molecule has 0 atom stereocenters. The number of nitrogens with zero attached hydrogens (tertiary/aromatic N) is 4. The van der Waals surface area contributed by atoms with Crippen LogP contribution >= 0.6 is 11.6 Å². The number of primary amides is 1. The molecule has 1 fully saturated rings. The molecular weight excluding hydrogens is 280 g/mol. The van der Waals surface area contributed by atoms with Gasteiger partial charge < -0.3 is 16.0 Å². The van der Waals surface area contributed by atoms with E-state index in [0.717, 1.165) is 25.8 Å². The van der Waals surface area contributed by atoms with E-state index in [1.165, 1.54) is 0 Å². The third-order valence-corrected chi connectivity index (χ3v) is 3.48. The predicted octanol–water partition coefficient (Wildman–Crippen LogP) is 1.05. The molecule has 7 nitrogen and oxygen atoms in total. The van der Waals surface area contributed by atoms with Gasteiger partial charge in [0.15, 0.2) is 0 Å². The summed E-state index contributed by atoms with van der Waals surface area (Å²) in [6.45, 7) is 4.23. The fourth-order valence-electron chi connectivity index (χ4n) is 2.16. The van der Waals surface area contributed by atoms with Gasteiger partial charge in [0.2, 0.25) is 23.1 Å². The van der Waals surface area contributed by atoms with Crippen LogP contribution in [0.25, 0.3) is 0 Å². The summed E-state index contributed by atoms with van der Waals surface area (Å²) in [5.74, 6) is 0.746. The van der Waals surface area contributed by atoms with E-state index in [-0.39, 0.29) is 17.1 Å². The monoisotopic (exact) mass is 298 g/mol. The number of nitrogens with one attached hydrogen (secondary N) is 1.